The van der Waals surface area contributed by atoms with Crippen molar-refractivity contribution in [2.75, 3.05) is 13.2 Å². The summed E-state index contributed by atoms with van der Waals surface area (Å²) in [4.78, 5) is 0. The average molecular weight is 215 g/mol. The zero-order valence-electron chi connectivity index (χ0n) is 8.55. The van der Waals surface area contributed by atoms with E-state index in [1.165, 1.54) is 0 Å². The van der Waals surface area contributed by atoms with Crippen molar-refractivity contribution >= 4 is 11.6 Å². The minimum absolute atomic E-state index is 0.441. The molecule has 0 N–H and O–H groups in total. The second-order valence-electron chi connectivity index (χ2n) is 2.77. The Morgan fingerprint density at radius 1 is 1.14 bits per heavy atom. The van der Waals surface area contributed by atoms with Crippen LogP contribution in [0.3, 0.4) is 0 Å². The number of ether oxygens (including phenoxy) is 2. The molecule has 3 heteroatoms. The highest BCUT2D eigenvalue weighted by atomic mass is 35.5. The summed E-state index contributed by atoms with van der Waals surface area (Å²) in [5, 5.41) is 0. The zero-order chi connectivity index (χ0) is 10.4. The summed E-state index contributed by atoms with van der Waals surface area (Å²) in [6, 6.07) is 5.71. The van der Waals surface area contributed by atoms with E-state index in [0.29, 0.717) is 19.1 Å². The molecule has 78 valence electrons. The number of rotatable bonds is 5. The Bertz CT molecular complexity index is 287. The van der Waals surface area contributed by atoms with Gasteiger partial charge in [-0.15, -0.1) is 11.6 Å². The quantitative estimate of drug-likeness (QED) is 0.701. The molecule has 0 unspecified atom stereocenters. The number of hydrogen-bond acceptors (Lipinski definition) is 2. The Hall–Kier alpha value is -0.890. The van der Waals surface area contributed by atoms with Crippen LogP contribution in [0.1, 0.15) is 19.4 Å². The maximum Gasteiger partial charge on any atom is 0.123 e. The summed E-state index contributed by atoms with van der Waals surface area (Å²) in [5.74, 6) is 2.12. The van der Waals surface area contributed by atoms with Crippen LogP contribution in [-0.2, 0) is 5.88 Å². The highest BCUT2D eigenvalue weighted by molar-refractivity contribution is 6.17. The SMILES string of the molecule is CCOc1ccc(OCC)c(CCl)c1. The van der Waals surface area contributed by atoms with Gasteiger partial charge in [-0.2, -0.15) is 0 Å². The Labute approximate surface area is 89.8 Å². The maximum absolute atomic E-state index is 5.80. The van der Waals surface area contributed by atoms with E-state index in [0.717, 1.165) is 17.1 Å². The topological polar surface area (TPSA) is 18.5 Å². The molecule has 0 spiro atoms. The van der Waals surface area contributed by atoms with Crippen LogP contribution in [0.25, 0.3) is 0 Å². The second-order valence-corrected chi connectivity index (χ2v) is 3.04. The first-order valence-electron chi connectivity index (χ1n) is 4.76. The van der Waals surface area contributed by atoms with Crippen molar-refractivity contribution in [3.8, 4) is 11.5 Å². The van der Waals surface area contributed by atoms with Gasteiger partial charge in [-0.1, -0.05) is 0 Å². The number of halogens is 1. The van der Waals surface area contributed by atoms with Crippen LogP contribution in [0.5, 0.6) is 11.5 Å². The molecule has 0 saturated heterocycles. The molecule has 1 rings (SSSR count). The standard InChI is InChI=1S/C11H15ClO2/c1-3-13-10-5-6-11(14-4-2)9(7-10)8-12/h5-7H,3-4,8H2,1-2H3. The predicted molar refractivity (Wildman–Crippen MR) is 58.3 cm³/mol. The van der Waals surface area contributed by atoms with Crippen molar-refractivity contribution < 1.29 is 9.47 Å². The van der Waals surface area contributed by atoms with Crippen LogP contribution in [0, 0.1) is 0 Å². The monoisotopic (exact) mass is 214 g/mol. The first kappa shape index (κ1) is 11.2. The fourth-order valence-corrected chi connectivity index (χ4v) is 1.42. The third-order valence-electron chi connectivity index (χ3n) is 1.79. The molecule has 1 aromatic carbocycles. The Kier molecular flexibility index (Phi) is 4.60. The molecule has 0 aliphatic carbocycles. The molecule has 0 fully saturated rings. The smallest absolute Gasteiger partial charge is 0.123 e. The third kappa shape index (κ3) is 2.81. The van der Waals surface area contributed by atoms with Gasteiger partial charge >= 0.3 is 0 Å². The van der Waals surface area contributed by atoms with E-state index in [-0.39, 0.29) is 0 Å². The fraction of sp³-hybridized carbons (Fsp3) is 0.455. The first-order chi connectivity index (χ1) is 6.81. The minimum atomic E-state index is 0.441. The average Bonchev–Trinajstić information content (AvgIpc) is 2.21. The van der Waals surface area contributed by atoms with E-state index < -0.39 is 0 Å². The van der Waals surface area contributed by atoms with Gasteiger partial charge in [0, 0.05) is 5.56 Å². The first-order valence-corrected chi connectivity index (χ1v) is 5.29. The summed E-state index contributed by atoms with van der Waals surface area (Å²) in [6.07, 6.45) is 0. The van der Waals surface area contributed by atoms with E-state index >= 15 is 0 Å². The minimum Gasteiger partial charge on any atom is -0.494 e. The van der Waals surface area contributed by atoms with Gasteiger partial charge in [-0.25, -0.2) is 0 Å². The van der Waals surface area contributed by atoms with E-state index in [1.807, 2.05) is 32.0 Å². The summed E-state index contributed by atoms with van der Waals surface area (Å²) < 4.78 is 10.8. The molecule has 0 bridgehead atoms. The summed E-state index contributed by atoms with van der Waals surface area (Å²) in [6.45, 7) is 5.22. The number of alkyl halides is 1. The highest BCUT2D eigenvalue weighted by Gasteiger charge is 2.03. The van der Waals surface area contributed by atoms with Crippen LogP contribution in [0.2, 0.25) is 0 Å². The van der Waals surface area contributed by atoms with Gasteiger partial charge in [0.1, 0.15) is 11.5 Å². The Morgan fingerprint density at radius 3 is 2.43 bits per heavy atom. The lowest BCUT2D eigenvalue weighted by molar-refractivity contribution is 0.328. The summed E-state index contributed by atoms with van der Waals surface area (Å²) in [7, 11) is 0. The third-order valence-corrected chi connectivity index (χ3v) is 2.07. The van der Waals surface area contributed by atoms with Crippen LogP contribution in [-0.4, -0.2) is 13.2 Å². The lowest BCUT2D eigenvalue weighted by Crippen LogP contribution is -1.97. The summed E-state index contributed by atoms with van der Waals surface area (Å²) in [5.41, 5.74) is 0.972. The van der Waals surface area contributed by atoms with E-state index in [1.54, 1.807) is 0 Å². The molecule has 0 aromatic heterocycles. The second kappa shape index (κ2) is 5.76. The molecule has 14 heavy (non-hydrogen) atoms. The zero-order valence-corrected chi connectivity index (χ0v) is 9.30. The largest absolute Gasteiger partial charge is 0.494 e. The number of benzene rings is 1. The molecule has 0 aliphatic heterocycles. The lowest BCUT2D eigenvalue weighted by Gasteiger charge is -2.10. The van der Waals surface area contributed by atoms with Crippen LogP contribution in [0.15, 0.2) is 18.2 Å². The van der Waals surface area contributed by atoms with Crippen LogP contribution >= 0.6 is 11.6 Å². The van der Waals surface area contributed by atoms with Crippen molar-refractivity contribution in [2.45, 2.75) is 19.7 Å². The van der Waals surface area contributed by atoms with Gasteiger partial charge in [0.05, 0.1) is 19.1 Å². The molecule has 0 atom stereocenters. The predicted octanol–water partition coefficient (Wildman–Crippen LogP) is 3.22. The molecule has 0 radical (unpaired) electrons. The maximum atomic E-state index is 5.80. The molecular formula is C11H15ClO2. The van der Waals surface area contributed by atoms with Gasteiger partial charge in [0.2, 0.25) is 0 Å². The molecule has 2 nitrogen and oxygen atoms in total. The lowest BCUT2D eigenvalue weighted by atomic mass is 10.2. The normalized spacial score (nSPS) is 9.93. The molecule has 0 amide bonds. The van der Waals surface area contributed by atoms with Crippen molar-refractivity contribution in [1.29, 1.82) is 0 Å². The fourth-order valence-electron chi connectivity index (χ4n) is 1.21. The van der Waals surface area contributed by atoms with Gasteiger partial charge in [0.15, 0.2) is 0 Å². The summed E-state index contributed by atoms with van der Waals surface area (Å²) >= 11 is 5.80. The molecular weight excluding hydrogens is 200 g/mol. The van der Waals surface area contributed by atoms with Gasteiger partial charge in [0.25, 0.3) is 0 Å². The van der Waals surface area contributed by atoms with Gasteiger partial charge in [-0.05, 0) is 32.0 Å². The molecule has 0 saturated carbocycles. The van der Waals surface area contributed by atoms with Crippen LogP contribution in [0.4, 0.5) is 0 Å². The van der Waals surface area contributed by atoms with Crippen molar-refractivity contribution in [3.63, 3.8) is 0 Å². The molecule has 0 aliphatic rings. The Balaban J connectivity index is 2.87. The van der Waals surface area contributed by atoms with Crippen molar-refractivity contribution in [1.82, 2.24) is 0 Å². The number of hydrogen-bond donors (Lipinski definition) is 0. The van der Waals surface area contributed by atoms with Crippen molar-refractivity contribution in [2.24, 2.45) is 0 Å². The van der Waals surface area contributed by atoms with E-state index in [2.05, 4.69) is 0 Å². The van der Waals surface area contributed by atoms with E-state index in [4.69, 9.17) is 21.1 Å². The van der Waals surface area contributed by atoms with Crippen molar-refractivity contribution in [3.05, 3.63) is 23.8 Å². The Morgan fingerprint density at radius 2 is 1.86 bits per heavy atom. The molecule has 0 heterocycles. The van der Waals surface area contributed by atoms with Gasteiger partial charge in [-0.3, -0.25) is 0 Å². The van der Waals surface area contributed by atoms with E-state index in [9.17, 15) is 0 Å². The van der Waals surface area contributed by atoms with Gasteiger partial charge < -0.3 is 9.47 Å². The highest BCUT2D eigenvalue weighted by Crippen LogP contribution is 2.25. The molecule has 1 aromatic rings. The van der Waals surface area contributed by atoms with Crippen LogP contribution < -0.4 is 9.47 Å².